The highest BCUT2D eigenvalue weighted by Gasteiger charge is 1.99. The number of nitrogens with zero attached hydrogens (tertiary/aromatic N) is 2. The molecule has 5 nitrogen and oxygen atoms in total. The van der Waals surface area contributed by atoms with Gasteiger partial charge in [-0.05, 0) is 11.6 Å². The third-order valence-electron chi connectivity index (χ3n) is 0.959. The number of carboxylic acids is 1. The Morgan fingerprint density at radius 3 is 2.67 bits per heavy atom. The Kier molecular flexibility index (Phi) is 2.82. The van der Waals surface area contributed by atoms with Gasteiger partial charge in [0.2, 0.25) is 5.28 Å². The van der Waals surface area contributed by atoms with Crippen LogP contribution in [0.3, 0.4) is 0 Å². The van der Waals surface area contributed by atoms with E-state index >= 15 is 0 Å². The molecule has 0 spiro atoms. The second kappa shape index (κ2) is 3.87. The van der Waals surface area contributed by atoms with Gasteiger partial charge in [-0.25, -0.2) is 14.8 Å². The van der Waals surface area contributed by atoms with Crippen LogP contribution < -0.4 is 4.74 Å². The van der Waals surface area contributed by atoms with E-state index in [-0.39, 0.29) is 11.0 Å². The van der Waals surface area contributed by atoms with Crippen molar-refractivity contribution in [1.29, 1.82) is 0 Å². The van der Waals surface area contributed by atoms with Crippen molar-refractivity contribution >= 4 is 17.6 Å². The second-order valence-corrected chi connectivity index (χ2v) is 2.21. The molecular formula is C6H5ClN2O3. The van der Waals surface area contributed by atoms with Gasteiger partial charge in [-0.3, -0.25) is 0 Å². The van der Waals surface area contributed by atoms with Crippen molar-refractivity contribution in [2.75, 3.05) is 6.61 Å². The van der Waals surface area contributed by atoms with Gasteiger partial charge in [0.05, 0.1) is 12.4 Å². The Morgan fingerprint density at radius 1 is 1.58 bits per heavy atom. The average Bonchev–Trinajstić information content (AvgIpc) is 2.03. The molecule has 6 heteroatoms. The highest BCUT2D eigenvalue weighted by molar-refractivity contribution is 6.28. The minimum Gasteiger partial charge on any atom is -0.479 e. The number of carbonyl (C=O) groups is 1. The molecule has 12 heavy (non-hydrogen) atoms. The summed E-state index contributed by atoms with van der Waals surface area (Å²) in [5.41, 5.74) is 0. The van der Waals surface area contributed by atoms with Crippen LogP contribution in [-0.4, -0.2) is 27.7 Å². The zero-order valence-corrected chi connectivity index (χ0v) is 6.65. The third-order valence-corrected chi connectivity index (χ3v) is 1.15. The van der Waals surface area contributed by atoms with E-state index in [4.69, 9.17) is 21.4 Å². The van der Waals surface area contributed by atoms with E-state index in [9.17, 15) is 4.79 Å². The monoisotopic (exact) mass is 188 g/mol. The summed E-state index contributed by atoms with van der Waals surface area (Å²) < 4.78 is 4.74. The van der Waals surface area contributed by atoms with E-state index in [2.05, 4.69) is 9.97 Å². The smallest absolute Gasteiger partial charge is 0.341 e. The number of ether oxygens (including phenoxy) is 1. The summed E-state index contributed by atoms with van der Waals surface area (Å²) in [6, 6.07) is 0. The second-order valence-electron chi connectivity index (χ2n) is 1.87. The van der Waals surface area contributed by atoms with Crippen LogP contribution in [-0.2, 0) is 4.79 Å². The lowest BCUT2D eigenvalue weighted by Crippen LogP contribution is -2.09. The van der Waals surface area contributed by atoms with Gasteiger partial charge >= 0.3 is 5.97 Å². The predicted octanol–water partition coefficient (Wildman–Crippen LogP) is 0.593. The number of halogens is 1. The van der Waals surface area contributed by atoms with Crippen molar-refractivity contribution in [3.63, 3.8) is 0 Å². The van der Waals surface area contributed by atoms with Crippen molar-refractivity contribution in [3.05, 3.63) is 17.7 Å². The normalized spacial score (nSPS) is 9.42. The van der Waals surface area contributed by atoms with Gasteiger partial charge in [0, 0.05) is 0 Å². The van der Waals surface area contributed by atoms with Crippen LogP contribution in [0.2, 0.25) is 5.28 Å². The molecule has 0 radical (unpaired) electrons. The van der Waals surface area contributed by atoms with E-state index < -0.39 is 12.6 Å². The molecule has 0 aliphatic heterocycles. The zero-order valence-electron chi connectivity index (χ0n) is 5.90. The highest BCUT2D eigenvalue weighted by atomic mass is 35.5. The molecule has 0 aliphatic rings. The fourth-order valence-electron chi connectivity index (χ4n) is 0.520. The molecule has 0 atom stereocenters. The molecule has 0 aliphatic carbocycles. The molecule has 0 bridgehead atoms. The standard InChI is InChI=1S/C6H5ClN2O3/c7-6-8-1-4(2-9-6)12-3-5(10)11/h1-2H,3H2,(H,10,11). The lowest BCUT2D eigenvalue weighted by molar-refractivity contribution is -0.139. The van der Waals surface area contributed by atoms with E-state index in [1.54, 1.807) is 0 Å². The Bertz CT molecular complexity index is 275. The molecule has 0 amide bonds. The molecule has 1 N–H and O–H groups in total. The first-order valence-electron chi connectivity index (χ1n) is 3.00. The quantitative estimate of drug-likeness (QED) is 0.703. The summed E-state index contributed by atoms with van der Waals surface area (Å²) in [5.74, 6) is -0.772. The van der Waals surface area contributed by atoms with Crippen molar-refractivity contribution in [2.45, 2.75) is 0 Å². The molecular weight excluding hydrogens is 184 g/mol. The Hall–Kier alpha value is -1.36. The number of hydrogen-bond donors (Lipinski definition) is 1. The molecule has 64 valence electrons. The lowest BCUT2D eigenvalue weighted by Gasteiger charge is -2.00. The van der Waals surface area contributed by atoms with Crippen molar-refractivity contribution < 1.29 is 14.6 Å². The number of carboxylic acid groups (broad SMARTS) is 1. The summed E-state index contributed by atoms with van der Waals surface area (Å²) in [6.07, 6.45) is 2.61. The molecule has 0 aromatic carbocycles. The van der Waals surface area contributed by atoms with Crippen LogP contribution in [0.15, 0.2) is 12.4 Å². The van der Waals surface area contributed by atoms with Crippen molar-refractivity contribution in [3.8, 4) is 5.75 Å². The van der Waals surface area contributed by atoms with Crippen LogP contribution in [0, 0.1) is 0 Å². The maximum atomic E-state index is 10.0. The maximum absolute atomic E-state index is 10.0. The van der Waals surface area contributed by atoms with Gasteiger partial charge in [-0.15, -0.1) is 0 Å². The minimum atomic E-state index is -1.05. The van der Waals surface area contributed by atoms with E-state index in [1.165, 1.54) is 12.4 Å². The Morgan fingerprint density at radius 2 is 2.17 bits per heavy atom. The number of aromatic nitrogens is 2. The number of rotatable bonds is 3. The predicted molar refractivity (Wildman–Crippen MR) is 40.2 cm³/mol. The van der Waals surface area contributed by atoms with Gasteiger partial charge in [-0.2, -0.15) is 0 Å². The summed E-state index contributed by atoms with van der Waals surface area (Å²) >= 11 is 5.38. The van der Waals surface area contributed by atoms with Crippen LogP contribution >= 0.6 is 11.6 Å². The summed E-state index contributed by atoms with van der Waals surface area (Å²) in [6.45, 7) is -0.412. The van der Waals surface area contributed by atoms with E-state index in [1.807, 2.05) is 0 Å². The average molecular weight is 189 g/mol. The molecule has 0 saturated carbocycles. The van der Waals surface area contributed by atoms with Crippen LogP contribution in [0.25, 0.3) is 0 Å². The van der Waals surface area contributed by atoms with Crippen LogP contribution in [0.5, 0.6) is 5.75 Å². The fourth-order valence-corrected chi connectivity index (χ4v) is 0.618. The highest BCUT2D eigenvalue weighted by Crippen LogP contribution is 2.07. The minimum absolute atomic E-state index is 0.0951. The first kappa shape index (κ1) is 8.73. The van der Waals surface area contributed by atoms with Gasteiger partial charge in [0.1, 0.15) is 0 Å². The molecule has 0 fully saturated rings. The molecule has 0 unspecified atom stereocenters. The number of hydrogen-bond acceptors (Lipinski definition) is 4. The molecule has 1 heterocycles. The SMILES string of the molecule is O=C(O)COc1cnc(Cl)nc1. The summed E-state index contributed by atoms with van der Waals surface area (Å²) in [4.78, 5) is 17.2. The Labute approximate surface area is 73.0 Å². The Balaban J connectivity index is 2.53. The molecule has 1 aromatic heterocycles. The van der Waals surface area contributed by atoms with Gasteiger partial charge in [0.15, 0.2) is 12.4 Å². The van der Waals surface area contributed by atoms with Crippen LogP contribution in [0.1, 0.15) is 0 Å². The van der Waals surface area contributed by atoms with Gasteiger partial charge < -0.3 is 9.84 Å². The largest absolute Gasteiger partial charge is 0.479 e. The first-order chi connectivity index (χ1) is 5.68. The topological polar surface area (TPSA) is 72.3 Å². The third kappa shape index (κ3) is 2.71. The van der Waals surface area contributed by atoms with E-state index in [0.717, 1.165) is 0 Å². The molecule has 1 aromatic rings. The van der Waals surface area contributed by atoms with Gasteiger partial charge in [0.25, 0.3) is 0 Å². The van der Waals surface area contributed by atoms with E-state index in [0.29, 0.717) is 0 Å². The van der Waals surface area contributed by atoms with Gasteiger partial charge in [-0.1, -0.05) is 0 Å². The fraction of sp³-hybridized carbons (Fsp3) is 0.167. The number of aliphatic carboxylic acids is 1. The first-order valence-corrected chi connectivity index (χ1v) is 3.38. The summed E-state index contributed by atoms with van der Waals surface area (Å²) in [5, 5.41) is 8.33. The molecule has 0 saturated heterocycles. The summed E-state index contributed by atoms with van der Waals surface area (Å²) in [7, 11) is 0. The lowest BCUT2D eigenvalue weighted by atomic mass is 10.6. The van der Waals surface area contributed by atoms with Crippen LogP contribution in [0.4, 0.5) is 0 Å². The van der Waals surface area contributed by atoms with Crippen molar-refractivity contribution in [2.24, 2.45) is 0 Å². The van der Waals surface area contributed by atoms with Crippen molar-refractivity contribution in [1.82, 2.24) is 9.97 Å². The maximum Gasteiger partial charge on any atom is 0.341 e. The molecule has 1 rings (SSSR count). The zero-order chi connectivity index (χ0) is 8.97.